The first kappa shape index (κ1) is 22.5. The van der Waals surface area contributed by atoms with Crippen LogP contribution in [0.3, 0.4) is 0 Å². The predicted octanol–water partition coefficient (Wildman–Crippen LogP) is 6.24. The molecule has 0 unspecified atom stereocenters. The molecule has 1 spiro atoms. The zero-order valence-corrected chi connectivity index (χ0v) is 19.5. The van der Waals surface area contributed by atoms with E-state index in [-0.39, 0.29) is 6.09 Å². The molecule has 1 amide bonds. The summed E-state index contributed by atoms with van der Waals surface area (Å²) in [6, 6.07) is 18.1. The Kier molecular flexibility index (Phi) is 5.86. The molecule has 0 radical (unpaired) electrons. The Morgan fingerprint density at radius 2 is 1.62 bits per heavy atom. The highest BCUT2D eigenvalue weighted by Crippen LogP contribution is 2.37. The lowest BCUT2D eigenvalue weighted by Gasteiger charge is -2.37. The lowest BCUT2D eigenvalue weighted by Crippen LogP contribution is -2.46. The van der Waals surface area contributed by atoms with Crippen molar-refractivity contribution in [1.82, 2.24) is 4.90 Å². The molecule has 5 rings (SSSR count). The molecule has 0 atom stereocenters. The third-order valence-corrected chi connectivity index (χ3v) is 7.03. The van der Waals surface area contributed by atoms with Gasteiger partial charge < -0.3 is 4.74 Å². The van der Waals surface area contributed by atoms with Crippen molar-refractivity contribution in [3.8, 4) is 11.1 Å². The number of rotatable bonds is 4. The first-order valence-electron chi connectivity index (χ1n) is 11.7. The Bertz CT molecular complexity index is 1200. The molecule has 2 fully saturated rings. The first-order valence-corrected chi connectivity index (χ1v) is 11.7. The number of carbonyl (C=O) groups is 1. The van der Waals surface area contributed by atoms with Gasteiger partial charge in [0.15, 0.2) is 11.6 Å². The smallest absolute Gasteiger partial charge is 0.415 e. The number of piperidine rings is 1. The Morgan fingerprint density at radius 3 is 2.29 bits per heavy atom. The van der Waals surface area contributed by atoms with Gasteiger partial charge in [-0.15, -0.1) is 0 Å². The SMILES string of the molecule is Cc1cc(CN2CCC3(CC2)CN(c2ccccc2)C(=O)O3)cc(C)c1-c1cccc(F)c1F. The number of likely N-dealkylation sites (tertiary alicyclic amines) is 1. The highest BCUT2D eigenvalue weighted by molar-refractivity contribution is 5.90. The van der Waals surface area contributed by atoms with Gasteiger partial charge in [0.2, 0.25) is 0 Å². The van der Waals surface area contributed by atoms with E-state index in [1.807, 2.05) is 44.2 Å². The van der Waals surface area contributed by atoms with Crippen LogP contribution in [0, 0.1) is 25.5 Å². The van der Waals surface area contributed by atoms with Gasteiger partial charge in [0.1, 0.15) is 5.60 Å². The number of halogens is 2. The van der Waals surface area contributed by atoms with Crippen LogP contribution in [-0.2, 0) is 11.3 Å². The van der Waals surface area contributed by atoms with Crippen LogP contribution < -0.4 is 4.90 Å². The van der Waals surface area contributed by atoms with E-state index in [1.165, 1.54) is 0 Å². The second-order valence-electron chi connectivity index (χ2n) is 9.45. The normalized spacial score (nSPS) is 17.9. The molecule has 0 aromatic heterocycles. The molecule has 4 nitrogen and oxygen atoms in total. The number of nitrogens with zero attached hydrogens (tertiary/aromatic N) is 2. The molecule has 3 aromatic carbocycles. The van der Waals surface area contributed by atoms with E-state index in [2.05, 4.69) is 17.0 Å². The number of carbonyl (C=O) groups excluding carboxylic acids is 1. The third-order valence-electron chi connectivity index (χ3n) is 7.03. The lowest BCUT2D eigenvalue weighted by atomic mass is 9.90. The summed E-state index contributed by atoms with van der Waals surface area (Å²) in [5.74, 6) is -1.64. The molecule has 34 heavy (non-hydrogen) atoms. The van der Waals surface area contributed by atoms with Gasteiger partial charge in [0, 0.05) is 43.7 Å². The van der Waals surface area contributed by atoms with Crippen LogP contribution in [0.1, 0.15) is 29.5 Å². The van der Waals surface area contributed by atoms with Crippen LogP contribution in [0.4, 0.5) is 19.3 Å². The van der Waals surface area contributed by atoms with Gasteiger partial charge in [-0.3, -0.25) is 9.80 Å². The standard InChI is InChI=1S/C28H28F2N2O2/c1-19-15-21(16-20(2)25(19)23-9-6-10-24(29)26(23)30)17-31-13-11-28(12-14-31)18-32(27(33)34-28)22-7-4-3-5-8-22/h3-10,15-16H,11-14,17-18H2,1-2H3. The van der Waals surface area contributed by atoms with Crippen LogP contribution in [0.2, 0.25) is 0 Å². The Morgan fingerprint density at radius 1 is 0.941 bits per heavy atom. The van der Waals surface area contributed by atoms with Crippen molar-refractivity contribution >= 4 is 11.8 Å². The number of anilines is 1. The highest BCUT2D eigenvalue weighted by Gasteiger charge is 2.47. The fourth-order valence-electron chi connectivity index (χ4n) is 5.33. The molecule has 2 heterocycles. The highest BCUT2D eigenvalue weighted by atomic mass is 19.2. The Labute approximate surface area is 198 Å². The monoisotopic (exact) mass is 462 g/mol. The summed E-state index contributed by atoms with van der Waals surface area (Å²) in [5, 5.41) is 0. The van der Waals surface area contributed by atoms with E-state index in [4.69, 9.17) is 4.74 Å². The summed E-state index contributed by atoms with van der Waals surface area (Å²) in [4.78, 5) is 16.6. The molecule has 0 saturated carbocycles. The molecule has 0 bridgehead atoms. The summed E-state index contributed by atoms with van der Waals surface area (Å²) in [6.45, 7) is 6.88. The fraction of sp³-hybridized carbons (Fsp3) is 0.321. The molecule has 0 aliphatic carbocycles. The summed E-state index contributed by atoms with van der Waals surface area (Å²) < 4.78 is 34.1. The predicted molar refractivity (Wildman–Crippen MR) is 129 cm³/mol. The zero-order chi connectivity index (χ0) is 23.9. The van der Waals surface area contributed by atoms with Crippen molar-refractivity contribution in [3.05, 3.63) is 89.0 Å². The molecule has 0 N–H and O–H groups in total. The van der Waals surface area contributed by atoms with Crippen LogP contribution in [0.15, 0.2) is 60.7 Å². The summed E-state index contributed by atoms with van der Waals surface area (Å²) in [6.07, 6.45) is 1.30. The number of amides is 1. The van der Waals surface area contributed by atoms with E-state index < -0.39 is 17.2 Å². The maximum Gasteiger partial charge on any atom is 0.415 e. The largest absolute Gasteiger partial charge is 0.441 e. The molecular formula is C28H28F2N2O2. The topological polar surface area (TPSA) is 32.8 Å². The van der Waals surface area contributed by atoms with Gasteiger partial charge in [0.25, 0.3) is 0 Å². The second-order valence-corrected chi connectivity index (χ2v) is 9.45. The van der Waals surface area contributed by atoms with E-state index in [0.29, 0.717) is 12.1 Å². The second kappa shape index (κ2) is 8.84. The van der Waals surface area contributed by atoms with Crippen molar-refractivity contribution in [3.63, 3.8) is 0 Å². The molecule has 6 heteroatoms. The first-order chi connectivity index (χ1) is 16.3. The van der Waals surface area contributed by atoms with Crippen LogP contribution in [0.5, 0.6) is 0 Å². The van der Waals surface area contributed by atoms with E-state index in [1.54, 1.807) is 17.0 Å². The molecule has 3 aromatic rings. The van der Waals surface area contributed by atoms with Crippen molar-refractivity contribution in [1.29, 1.82) is 0 Å². The van der Waals surface area contributed by atoms with Crippen LogP contribution in [0.25, 0.3) is 11.1 Å². The zero-order valence-electron chi connectivity index (χ0n) is 19.5. The van der Waals surface area contributed by atoms with Gasteiger partial charge in [-0.25, -0.2) is 13.6 Å². The Balaban J connectivity index is 1.27. The van der Waals surface area contributed by atoms with E-state index in [0.717, 1.165) is 66.5 Å². The van der Waals surface area contributed by atoms with Gasteiger partial charge in [-0.1, -0.05) is 42.5 Å². The van der Waals surface area contributed by atoms with E-state index in [9.17, 15) is 13.6 Å². The van der Waals surface area contributed by atoms with Gasteiger partial charge in [0.05, 0.1) is 6.54 Å². The van der Waals surface area contributed by atoms with Gasteiger partial charge >= 0.3 is 6.09 Å². The molecular weight excluding hydrogens is 434 g/mol. The summed E-state index contributed by atoms with van der Waals surface area (Å²) in [5.41, 5.74) is 4.47. The Hall–Kier alpha value is -3.25. The van der Waals surface area contributed by atoms with Gasteiger partial charge in [-0.05, 0) is 54.3 Å². The average Bonchev–Trinajstić information content (AvgIpc) is 3.14. The minimum absolute atomic E-state index is 0.272. The quantitative estimate of drug-likeness (QED) is 0.460. The van der Waals surface area contributed by atoms with Crippen LogP contribution in [-0.4, -0.2) is 36.2 Å². The van der Waals surface area contributed by atoms with Gasteiger partial charge in [-0.2, -0.15) is 0 Å². The van der Waals surface area contributed by atoms with Crippen LogP contribution >= 0.6 is 0 Å². The maximum absolute atomic E-state index is 14.4. The fourth-order valence-corrected chi connectivity index (χ4v) is 5.33. The lowest BCUT2D eigenvalue weighted by molar-refractivity contribution is -0.000979. The average molecular weight is 463 g/mol. The van der Waals surface area contributed by atoms with Crippen molar-refractivity contribution in [2.75, 3.05) is 24.5 Å². The number of aryl methyl sites for hydroxylation is 2. The maximum atomic E-state index is 14.4. The number of para-hydroxylation sites is 1. The van der Waals surface area contributed by atoms with Crippen molar-refractivity contribution in [2.24, 2.45) is 0 Å². The summed E-state index contributed by atoms with van der Waals surface area (Å²) in [7, 11) is 0. The van der Waals surface area contributed by atoms with E-state index >= 15 is 0 Å². The molecule has 2 aliphatic heterocycles. The third kappa shape index (κ3) is 4.18. The molecule has 2 saturated heterocycles. The number of ether oxygens (including phenoxy) is 1. The number of hydrogen-bond donors (Lipinski definition) is 0. The number of benzene rings is 3. The van der Waals surface area contributed by atoms with Crippen molar-refractivity contribution in [2.45, 2.75) is 38.8 Å². The van der Waals surface area contributed by atoms with Crippen molar-refractivity contribution < 1.29 is 18.3 Å². The number of hydrogen-bond acceptors (Lipinski definition) is 3. The minimum atomic E-state index is -0.832. The molecule has 176 valence electrons. The minimum Gasteiger partial charge on any atom is -0.441 e. The molecule has 2 aliphatic rings. The summed E-state index contributed by atoms with van der Waals surface area (Å²) >= 11 is 0.